The van der Waals surface area contributed by atoms with E-state index in [0.29, 0.717) is 0 Å². The molecule has 0 spiro atoms. The molecule has 92 valence electrons. The molecule has 0 unspecified atom stereocenters. The summed E-state index contributed by atoms with van der Waals surface area (Å²) in [5.41, 5.74) is 3.61. The highest BCUT2D eigenvalue weighted by Crippen LogP contribution is 2.28. The maximum atomic E-state index is 5.66. The second-order valence-electron chi connectivity index (χ2n) is 4.73. The molecule has 0 saturated heterocycles. The predicted octanol–water partition coefficient (Wildman–Crippen LogP) is 4.42. The van der Waals surface area contributed by atoms with Crippen LogP contribution in [0.5, 0.6) is 5.75 Å². The number of benzene rings is 2. The molecule has 2 aromatic carbocycles. The highest BCUT2D eigenvalue weighted by molar-refractivity contribution is 6.07. The fourth-order valence-corrected chi connectivity index (χ4v) is 2.31. The summed E-state index contributed by atoms with van der Waals surface area (Å²) in [6.45, 7) is 5.00. The van der Waals surface area contributed by atoms with Crippen molar-refractivity contribution in [2.45, 2.75) is 20.3 Å². The Labute approximate surface area is 107 Å². The molecule has 0 fully saturated rings. The van der Waals surface area contributed by atoms with Gasteiger partial charge in [-0.1, -0.05) is 19.1 Å². The summed E-state index contributed by atoms with van der Waals surface area (Å²) >= 11 is 0. The number of nitrogens with one attached hydrogen (secondary N) is 1. The van der Waals surface area contributed by atoms with Gasteiger partial charge in [0.05, 0.1) is 12.1 Å². The van der Waals surface area contributed by atoms with Crippen molar-refractivity contribution >= 4 is 21.8 Å². The maximum absolute atomic E-state index is 5.66. The summed E-state index contributed by atoms with van der Waals surface area (Å²) in [6, 6.07) is 12.8. The van der Waals surface area contributed by atoms with Crippen LogP contribution in [0.2, 0.25) is 0 Å². The van der Waals surface area contributed by atoms with E-state index in [1.807, 2.05) is 6.07 Å². The fourth-order valence-electron chi connectivity index (χ4n) is 2.31. The number of aryl methyl sites for hydroxylation is 1. The lowest BCUT2D eigenvalue weighted by molar-refractivity contribution is 0.318. The van der Waals surface area contributed by atoms with E-state index < -0.39 is 0 Å². The van der Waals surface area contributed by atoms with E-state index in [2.05, 4.69) is 49.2 Å². The summed E-state index contributed by atoms with van der Waals surface area (Å²) in [5, 5.41) is 2.53. The van der Waals surface area contributed by atoms with Gasteiger partial charge in [0.15, 0.2) is 0 Å². The zero-order valence-electron chi connectivity index (χ0n) is 10.8. The molecular weight excluding hydrogens is 222 g/mol. The van der Waals surface area contributed by atoms with Crippen LogP contribution in [0.25, 0.3) is 21.8 Å². The average Bonchev–Trinajstić information content (AvgIpc) is 2.72. The lowest BCUT2D eigenvalue weighted by atomic mass is 10.1. The number of rotatable bonds is 3. The van der Waals surface area contributed by atoms with Crippen LogP contribution in [-0.2, 0) is 0 Å². The van der Waals surface area contributed by atoms with Crippen molar-refractivity contribution in [1.82, 2.24) is 4.98 Å². The van der Waals surface area contributed by atoms with E-state index in [-0.39, 0.29) is 0 Å². The lowest BCUT2D eigenvalue weighted by Crippen LogP contribution is -1.94. The highest BCUT2D eigenvalue weighted by Gasteiger charge is 2.05. The first-order valence-electron chi connectivity index (χ1n) is 6.43. The third-order valence-corrected chi connectivity index (χ3v) is 3.20. The zero-order valence-corrected chi connectivity index (χ0v) is 10.8. The van der Waals surface area contributed by atoms with Crippen LogP contribution < -0.4 is 4.74 Å². The topological polar surface area (TPSA) is 25.0 Å². The van der Waals surface area contributed by atoms with Gasteiger partial charge >= 0.3 is 0 Å². The first-order chi connectivity index (χ1) is 8.78. The van der Waals surface area contributed by atoms with Gasteiger partial charge in [-0.05, 0) is 37.1 Å². The van der Waals surface area contributed by atoms with Crippen molar-refractivity contribution in [2.75, 3.05) is 6.61 Å². The van der Waals surface area contributed by atoms with E-state index in [1.165, 1.54) is 21.9 Å². The Morgan fingerprint density at radius 1 is 1.00 bits per heavy atom. The molecule has 0 saturated carbocycles. The zero-order chi connectivity index (χ0) is 12.5. The number of aromatic nitrogens is 1. The number of H-pyrrole nitrogens is 1. The van der Waals surface area contributed by atoms with Crippen LogP contribution in [-0.4, -0.2) is 11.6 Å². The average molecular weight is 239 g/mol. The lowest BCUT2D eigenvalue weighted by Gasteiger charge is -2.03. The molecule has 3 aromatic rings. The number of fused-ring (bicyclic) bond motifs is 3. The number of hydrogen-bond acceptors (Lipinski definition) is 1. The minimum Gasteiger partial charge on any atom is -0.494 e. The molecule has 0 aliphatic heterocycles. The highest BCUT2D eigenvalue weighted by atomic mass is 16.5. The second kappa shape index (κ2) is 4.37. The van der Waals surface area contributed by atoms with Gasteiger partial charge in [-0.15, -0.1) is 0 Å². The second-order valence-corrected chi connectivity index (χ2v) is 4.73. The summed E-state index contributed by atoms with van der Waals surface area (Å²) < 4.78 is 5.66. The standard InChI is InChI=1S/C16H17NO/c1-3-8-18-12-5-7-14-13-6-4-11(2)9-15(13)17-16(14)10-12/h4-7,9-10,17H,3,8H2,1-2H3. The number of hydrogen-bond donors (Lipinski definition) is 1. The monoisotopic (exact) mass is 239 g/mol. The van der Waals surface area contributed by atoms with E-state index >= 15 is 0 Å². The van der Waals surface area contributed by atoms with Crippen molar-refractivity contribution in [3.05, 3.63) is 42.0 Å². The van der Waals surface area contributed by atoms with Crippen LogP contribution in [0.3, 0.4) is 0 Å². The van der Waals surface area contributed by atoms with Crippen molar-refractivity contribution in [3.8, 4) is 5.75 Å². The first-order valence-corrected chi connectivity index (χ1v) is 6.43. The fraction of sp³-hybridized carbons (Fsp3) is 0.250. The summed E-state index contributed by atoms with van der Waals surface area (Å²) in [6.07, 6.45) is 1.03. The molecule has 0 radical (unpaired) electrons. The van der Waals surface area contributed by atoms with Crippen LogP contribution in [0.1, 0.15) is 18.9 Å². The van der Waals surface area contributed by atoms with Gasteiger partial charge in [0.1, 0.15) is 5.75 Å². The van der Waals surface area contributed by atoms with E-state index in [9.17, 15) is 0 Å². The van der Waals surface area contributed by atoms with E-state index in [4.69, 9.17) is 4.74 Å². The van der Waals surface area contributed by atoms with Crippen LogP contribution >= 0.6 is 0 Å². The molecule has 1 heterocycles. The molecule has 0 atom stereocenters. The minimum atomic E-state index is 0.769. The predicted molar refractivity (Wildman–Crippen MR) is 76.3 cm³/mol. The molecule has 0 aliphatic carbocycles. The van der Waals surface area contributed by atoms with Crippen molar-refractivity contribution in [1.29, 1.82) is 0 Å². The van der Waals surface area contributed by atoms with Gasteiger partial charge in [-0.3, -0.25) is 0 Å². The number of aromatic amines is 1. The Hall–Kier alpha value is -1.96. The minimum absolute atomic E-state index is 0.769. The maximum Gasteiger partial charge on any atom is 0.121 e. The van der Waals surface area contributed by atoms with Gasteiger partial charge < -0.3 is 9.72 Å². The molecule has 0 bridgehead atoms. The van der Waals surface area contributed by atoms with Crippen LogP contribution in [0, 0.1) is 6.92 Å². The van der Waals surface area contributed by atoms with E-state index in [0.717, 1.165) is 24.3 Å². The van der Waals surface area contributed by atoms with Crippen molar-refractivity contribution < 1.29 is 4.74 Å². The van der Waals surface area contributed by atoms with Gasteiger partial charge in [0.2, 0.25) is 0 Å². The quantitative estimate of drug-likeness (QED) is 0.719. The molecule has 3 rings (SSSR count). The molecule has 0 aliphatic rings. The Morgan fingerprint density at radius 3 is 2.50 bits per heavy atom. The Morgan fingerprint density at radius 2 is 1.72 bits per heavy atom. The van der Waals surface area contributed by atoms with Crippen LogP contribution in [0.15, 0.2) is 36.4 Å². The Kier molecular flexibility index (Phi) is 2.71. The molecule has 0 amide bonds. The normalized spacial score (nSPS) is 11.2. The molecule has 2 nitrogen and oxygen atoms in total. The van der Waals surface area contributed by atoms with Gasteiger partial charge in [0, 0.05) is 22.4 Å². The summed E-state index contributed by atoms with van der Waals surface area (Å²) in [4.78, 5) is 3.46. The van der Waals surface area contributed by atoms with Crippen molar-refractivity contribution in [2.24, 2.45) is 0 Å². The summed E-state index contributed by atoms with van der Waals surface area (Å²) in [5.74, 6) is 0.938. The van der Waals surface area contributed by atoms with Crippen LogP contribution in [0.4, 0.5) is 0 Å². The molecule has 1 aromatic heterocycles. The Balaban J connectivity index is 2.14. The van der Waals surface area contributed by atoms with Crippen molar-refractivity contribution in [3.63, 3.8) is 0 Å². The summed E-state index contributed by atoms with van der Waals surface area (Å²) in [7, 11) is 0. The molecular formula is C16H17NO. The third-order valence-electron chi connectivity index (χ3n) is 3.20. The molecule has 1 N–H and O–H groups in total. The first kappa shape index (κ1) is 11.1. The smallest absolute Gasteiger partial charge is 0.121 e. The van der Waals surface area contributed by atoms with Gasteiger partial charge in [0.25, 0.3) is 0 Å². The Bertz CT molecular complexity index is 697. The molecule has 2 heteroatoms. The van der Waals surface area contributed by atoms with Gasteiger partial charge in [-0.2, -0.15) is 0 Å². The number of ether oxygens (including phenoxy) is 1. The molecule has 18 heavy (non-hydrogen) atoms. The van der Waals surface area contributed by atoms with E-state index in [1.54, 1.807) is 0 Å². The largest absolute Gasteiger partial charge is 0.494 e. The third kappa shape index (κ3) is 1.84. The SMILES string of the molecule is CCCOc1ccc2c(c1)[nH]c1cc(C)ccc12. The van der Waals surface area contributed by atoms with Gasteiger partial charge in [-0.25, -0.2) is 0 Å².